The quantitative estimate of drug-likeness (QED) is 0.533. The monoisotopic (exact) mass is 408 g/mol. The number of hydrogen-bond acceptors (Lipinski definition) is 4. The van der Waals surface area contributed by atoms with Crippen molar-refractivity contribution in [2.45, 2.75) is 25.7 Å². The van der Waals surface area contributed by atoms with Crippen molar-refractivity contribution in [1.82, 2.24) is 10.0 Å². The molecule has 0 bridgehead atoms. The first kappa shape index (κ1) is 20.3. The summed E-state index contributed by atoms with van der Waals surface area (Å²) in [5.41, 5.74) is 4.21. The van der Waals surface area contributed by atoms with Crippen LogP contribution in [0.4, 0.5) is 0 Å². The minimum absolute atomic E-state index is 0.722. The first-order valence-electron chi connectivity index (χ1n) is 9.33. The Morgan fingerprint density at radius 2 is 1.11 bits per heavy atom. The number of hydrogen-bond donors (Lipinski definition) is 0. The van der Waals surface area contributed by atoms with E-state index in [1.54, 1.807) is 10.0 Å². The molecule has 1 aliphatic carbocycles. The maximum absolute atomic E-state index is 5.56. The van der Waals surface area contributed by atoms with Crippen LogP contribution < -0.4 is 0 Å². The number of rotatable bonds is 4. The summed E-state index contributed by atoms with van der Waals surface area (Å²) in [7, 11) is 3.81. The molecule has 2 aromatic carbocycles. The second-order valence-corrected chi connectivity index (χ2v) is 7.53. The average molecular weight is 409 g/mol. The van der Waals surface area contributed by atoms with Crippen LogP contribution in [0.5, 0.6) is 0 Å². The van der Waals surface area contributed by atoms with Crippen LogP contribution >= 0.6 is 24.4 Å². The number of nitrogens with zero attached hydrogens (tertiary/aromatic N) is 4. The van der Waals surface area contributed by atoms with Gasteiger partial charge in [0.1, 0.15) is 9.98 Å². The Labute approximate surface area is 177 Å². The minimum Gasteiger partial charge on any atom is -0.257 e. The lowest BCUT2D eigenvalue weighted by atomic mass is 9.96. The van der Waals surface area contributed by atoms with E-state index < -0.39 is 0 Å². The van der Waals surface area contributed by atoms with Crippen molar-refractivity contribution < 1.29 is 0 Å². The molecule has 1 fully saturated rings. The van der Waals surface area contributed by atoms with E-state index in [1.807, 2.05) is 74.8 Å². The number of thiocarbonyl (C=S) groups is 2. The minimum atomic E-state index is 0.722. The molecule has 2 aromatic rings. The molecule has 6 heteroatoms. The Morgan fingerprint density at radius 1 is 0.714 bits per heavy atom. The van der Waals surface area contributed by atoms with Crippen LogP contribution in [-0.2, 0) is 0 Å². The van der Waals surface area contributed by atoms with Gasteiger partial charge in [-0.1, -0.05) is 85.1 Å². The van der Waals surface area contributed by atoms with Crippen molar-refractivity contribution in [3.63, 3.8) is 0 Å². The molecule has 1 aliphatic rings. The standard InChI is InChI=1S/C22H24N4S2/c1-25(21(27)17-10-5-3-6-11-17)23-19-14-9-15-20(16-19)24-26(2)22(28)18-12-7-4-8-13-18/h3-8,10-13H,9,14-16H2,1-2H3/b23-19+,24-20+. The third-order valence-electron chi connectivity index (χ3n) is 4.55. The molecule has 28 heavy (non-hydrogen) atoms. The van der Waals surface area contributed by atoms with Gasteiger partial charge in [0.2, 0.25) is 0 Å². The van der Waals surface area contributed by atoms with E-state index in [4.69, 9.17) is 34.6 Å². The summed E-state index contributed by atoms with van der Waals surface area (Å²) in [6.07, 6.45) is 3.72. The van der Waals surface area contributed by atoms with Crippen LogP contribution in [0.2, 0.25) is 0 Å². The highest BCUT2D eigenvalue weighted by atomic mass is 32.1. The Hall–Kier alpha value is -2.44. The molecule has 0 saturated heterocycles. The second-order valence-electron chi connectivity index (χ2n) is 6.75. The smallest absolute Gasteiger partial charge is 0.129 e. The van der Waals surface area contributed by atoms with Crippen molar-refractivity contribution in [3.05, 3.63) is 71.8 Å². The molecule has 144 valence electrons. The molecule has 1 saturated carbocycles. The number of hydrazone groups is 2. The highest BCUT2D eigenvalue weighted by molar-refractivity contribution is 7.80. The first-order chi connectivity index (χ1) is 13.5. The summed E-state index contributed by atoms with van der Waals surface area (Å²) >= 11 is 11.1. The van der Waals surface area contributed by atoms with E-state index in [9.17, 15) is 0 Å². The zero-order chi connectivity index (χ0) is 19.9. The van der Waals surface area contributed by atoms with E-state index in [1.165, 1.54) is 0 Å². The Kier molecular flexibility index (Phi) is 7.01. The molecule has 4 nitrogen and oxygen atoms in total. The van der Waals surface area contributed by atoms with E-state index in [0.29, 0.717) is 0 Å². The van der Waals surface area contributed by atoms with Gasteiger partial charge in [0.15, 0.2) is 0 Å². The van der Waals surface area contributed by atoms with Crippen LogP contribution in [0.15, 0.2) is 70.9 Å². The Balaban J connectivity index is 1.67. The first-order valence-corrected chi connectivity index (χ1v) is 10.1. The zero-order valence-corrected chi connectivity index (χ0v) is 17.8. The molecule has 0 radical (unpaired) electrons. The maximum Gasteiger partial charge on any atom is 0.129 e. The van der Waals surface area contributed by atoms with Gasteiger partial charge < -0.3 is 0 Å². The number of benzene rings is 2. The molecule has 0 aromatic heterocycles. The highest BCUT2D eigenvalue weighted by Gasteiger charge is 2.17. The predicted molar refractivity (Wildman–Crippen MR) is 125 cm³/mol. The van der Waals surface area contributed by atoms with Gasteiger partial charge in [-0.2, -0.15) is 10.2 Å². The molecule has 3 rings (SSSR count). The van der Waals surface area contributed by atoms with Crippen molar-refractivity contribution in [2.24, 2.45) is 10.2 Å². The van der Waals surface area contributed by atoms with Crippen molar-refractivity contribution in [1.29, 1.82) is 0 Å². The summed E-state index contributed by atoms with van der Waals surface area (Å²) in [5, 5.41) is 13.1. The second kappa shape index (κ2) is 9.66. The summed E-state index contributed by atoms with van der Waals surface area (Å²) < 4.78 is 0. The summed E-state index contributed by atoms with van der Waals surface area (Å²) in [5.74, 6) is 0. The van der Waals surface area contributed by atoms with Crippen LogP contribution in [0.3, 0.4) is 0 Å². The lowest BCUT2D eigenvalue weighted by Gasteiger charge is -2.22. The van der Waals surface area contributed by atoms with Crippen molar-refractivity contribution in [2.75, 3.05) is 14.1 Å². The largest absolute Gasteiger partial charge is 0.257 e. The summed E-state index contributed by atoms with van der Waals surface area (Å²) in [4.78, 5) is 1.44. The van der Waals surface area contributed by atoms with E-state index in [2.05, 4.69) is 0 Å². The molecular formula is C22H24N4S2. The third kappa shape index (κ3) is 5.30. The van der Waals surface area contributed by atoms with Crippen LogP contribution in [0.25, 0.3) is 0 Å². The van der Waals surface area contributed by atoms with Gasteiger partial charge in [-0.15, -0.1) is 0 Å². The molecule has 0 heterocycles. The fourth-order valence-electron chi connectivity index (χ4n) is 3.13. The van der Waals surface area contributed by atoms with Crippen LogP contribution in [-0.4, -0.2) is 45.5 Å². The van der Waals surface area contributed by atoms with Crippen molar-refractivity contribution in [3.8, 4) is 0 Å². The van der Waals surface area contributed by atoms with Gasteiger partial charge in [-0.25, -0.2) is 0 Å². The summed E-state index contributed by atoms with van der Waals surface area (Å²) in [6, 6.07) is 19.9. The highest BCUT2D eigenvalue weighted by Crippen LogP contribution is 2.17. The Morgan fingerprint density at radius 3 is 1.50 bits per heavy atom. The predicted octanol–water partition coefficient (Wildman–Crippen LogP) is 4.89. The van der Waals surface area contributed by atoms with Gasteiger partial charge in [0, 0.05) is 43.1 Å². The fourth-order valence-corrected chi connectivity index (χ4v) is 3.48. The van der Waals surface area contributed by atoms with Crippen LogP contribution in [0.1, 0.15) is 36.8 Å². The molecule has 0 spiro atoms. The lowest BCUT2D eigenvalue weighted by Crippen LogP contribution is -2.27. The van der Waals surface area contributed by atoms with E-state index in [-0.39, 0.29) is 0 Å². The fraction of sp³-hybridized carbons (Fsp3) is 0.273. The van der Waals surface area contributed by atoms with Gasteiger partial charge in [0.25, 0.3) is 0 Å². The lowest BCUT2D eigenvalue weighted by molar-refractivity contribution is 0.541. The van der Waals surface area contributed by atoms with Gasteiger partial charge in [-0.3, -0.25) is 10.0 Å². The van der Waals surface area contributed by atoms with Gasteiger partial charge in [0.05, 0.1) is 0 Å². The Bertz CT molecular complexity index is 818. The molecule has 0 aliphatic heterocycles. The zero-order valence-electron chi connectivity index (χ0n) is 16.2. The van der Waals surface area contributed by atoms with E-state index in [0.717, 1.165) is 58.2 Å². The normalized spacial score (nSPS) is 16.8. The molecule has 0 N–H and O–H groups in total. The van der Waals surface area contributed by atoms with Crippen molar-refractivity contribution >= 4 is 45.8 Å². The van der Waals surface area contributed by atoms with Gasteiger partial charge in [-0.05, 0) is 19.3 Å². The average Bonchev–Trinajstić information content (AvgIpc) is 2.74. The molecular weight excluding hydrogens is 384 g/mol. The third-order valence-corrected chi connectivity index (χ3v) is 5.55. The molecule has 0 unspecified atom stereocenters. The topological polar surface area (TPSA) is 31.2 Å². The summed E-state index contributed by atoms with van der Waals surface area (Å²) in [6.45, 7) is 0. The van der Waals surface area contributed by atoms with Crippen LogP contribution in [0, 0.1) is 0 Å². The maximum atomic E-state index is 5.56. The van der Waals surface area contributed by atoms with Gasteiger partial charge >= 0.3 is 0 Å². The SMILES string of the molecule is CN(/N=C1\CCC/C(=N\N(C)C(=S)c2ccccc2)C1)C(=S)c1ccccc1. The van der Waals surface area contributed by atoms with E-state index >= 15 is 0 Å². The molecule has 0 amide bonds. The molecule has 0 atom stereocenters.